The summed E-state index contributed by atoms with van der Waals surface area (Å²) >= 11 is 0. The van der Waals surface area contributed by atoms with Crippen LogP contribution in [0, 0.1) is 0 Å². The number of aliphatic hydroxyl groups is 1. The Kier molecular flexibility index (Phi) is 3.40. The van der Waals surface area contributed by atoms with E-state index in [2.05, 4.69) is 4.90 Å². The van der Waals surface area contributed by atoms with Crippen molar-refractivity contribution in [1.29, 1.82) is 0 Å². The third kappa shape index (κ3) is 2.98. The van der Waals surface area contributed by atoms with Gasteiger partial charge in [0.15, 0.2) is 9.84 Å². The summed E-state index contributed by atoms with van der Waals surface area (Å²) in [6, 6.07) is 6.83. The van der Waals surface area contributed by atoms with E-state index in [1.54, 1.807) is 24.3 Å². The molecule has 2 rings (SSSR count). The molecular formula is C12H17NO3S. The van der Waals surface area contributed by atoms with Crippen LogP contribution >= 0.6 is 0 Å². The fraction of sp³-hybridized carbons (Fsp3) is 0.500. The van der Waals surface area contributed by atoms with Crippen LogP contribution < -0.4 is 4.90 Å². The van der Waals surface area contributed by atoms with Gasteiger partial charge in [0.25, 0.3) is 0 Å². The van der Waals surface area contributed by atoms with E-state index in [1.807, 2.05) is 0 Å². The van der Waals surface area contributed by atoms with E-state index in [0.717, 1.165) is 25.1 Å². The molecule has 0 aromatic heterocycles. The molecule has 1 atom stereocenters. The molecule has 1 heterocycles. The highest BCUT2D eigenvalue weighted by molar-refractivity contribution is 7.90. The third-order valence-corrected chi connectivity index (χ3v) is 4.16. The van der Waals surface area contributed by atoms with Gasteiger partial charge < -0.3 is 10.0 Å². The molecule has 1 unspecified atom stereocenters. The summed E-state index contributed by atoms with van der Waals surface area (Å²) in [6.07, 6.45) is 2.73. The average Bonchev–Trinajstić information content (AvgIpc) is 2.28. The normalized spacial score (nSPS) is 21.5. The lowest BCUT2D eigenvalue weighted by molar-refractivity contribution is 0.154. The Balaban J connectivity index is 2.18. The maximum atomic E-state index is 11.3. The standard InChI is InChI=1S/C12H17NO3S/c1-17(15,16)12-6-4-10(5-7-12)13-8-2-3-11(14)9-13/h4-7,11,14H,2-3,8-9H2,1H3. The number of benzene rings is 1. The zero-order chi connectivity index (χ0) is 12.5. The molecule has 1 aliphatic heterocycles. The smallest absolute Gasteiger partial charge is 0.175 e. The number of hydrogen-bond donors (Lipinski definition) is 1. The van der Waals surface area contributed by atoms with Gasteiger partial charge in [-0.25, -0.2) is 8.42 Å². The van der Waals surface area contributed by atoms with Gasteiger partial charge in [-0.05, 0) is 37.1 Å². The number of nitrogens with zero attached hydrogens (tertiary/aromatic N) is 1. The Morgan fingerprint density at radius 2 is 1.94 bits per heavy atom. The Morgan fingerprint density at radius 3 is 2.47 bits per heavy atom. The van der Waals surface area contributed by atoms with Gasteiger partial charge >= 0.3 is 0 Å². The molecule has 1 N–H and O–H groups in total. The van der Waals surface area contributed by atoms with E-state index in [1.165, 1.54) is 6.26 Å². The van der Waals surface area contributed by atoms with Crippen molar-refractivity contribution in [2.24, 2.45) is 0 Å². The first-order valence-corrected chi connectivity index (χ1v) is 7.59. The molecule has 0 aliphatic carbocycles. The van der Waals surface area contributed by atoms with Crippen LogP contribution in [0.15, 0.2) is 29.2 Å². The highest BCUT2D eigenvalue weighted by Gasteiger charge is 2.18. The van der Waals surface area contributed by atoms with Crippen molar-refractivity contribution < 1.29 is 13.5 Å². The van der Waals surface area contributed by atoms with E-state index in [-0.39, 0.29) is 6.10 Å². The van der Waals surface area contributed by atoms with Crippen LogP contribution in [0.25, 0.3) is 0 Å². The van der Waals surface area contributed by atoms with Gasteiger partial charge in [-0.15, -0.1) is 0 Å². The van der Waals surface area contributed by atoms with Crippen molar-refractivity contribution in [1.82, 2.24) is 0 Å². The van der Waals surface area contributed by atoms with Gasteiger partial charge in [0.05, 0.1) is 11.0 Å². The fourth-order valence-electron chi connectivity index (χ4n) is 2.09. The second-order valence-corrected chi connectivity index (χ2v) is 6.52. The molecule has 4 nitrogen and oxygen atoms in total. The average molecular weight is 255 g/mol. The SMILES string of the molecule is CS(=O)(=O)c1ccc(N2CCCC(O)C2)cc1. The van der Waals surface area contributed by atoms with Crippen molar-refractivity contribution >= 4 is 15.5 Å². The zero-order valence-corrected chi connectivity index (χ0v) is 10.7. The first-order chi connectivity index (χ1) is 7.97. The van der Waals surface area contributed by atoms with Crippen LogP contribution in [0.5, 0.6) is 0 Å². The van der Waals surface area contributed by atoms with Crippen LogP contribution in [0.3, 0.4) is 0 Å². The second-order valence-electron chi connectivity index (χ2n) is 4.51. The van der Waals surface area contributed by atoms with E-state index in [0.29, 0.717) is 11.4 Å². The minimum absolute atomic E-state index is 0.279. The second kappa shape index (κ2) is 4.66. The van der Waals surface area contributed by atoms with Crippen molar-refractivity contribution in [3.8, 4) is 0 Å². The largest absolute Gasteiger partial charge is 0.391 e. The molecule has 0 amide bonds. The molecule has 1 saturated heterocycles. The quantitative estimate of drug-likeness (QED) is 0.858. The monoisotopic (exact) mass is 255 g/mol. The first kappa shape index (κ1) is 12.4. The maximum Gasteiger partial charge on any atom is 0.175 e. The topological polar surface area (TPSA) is 57.6 Å². The molecule has 0 spiro atoms. The Bertz CT molecular complexity index is 481. The van der Waals surface area contributed by atoms with E-state index in [9.17, 15) is 13.5 Å². The van der Waals surface area contributed by atoms with E-state index in [4.69, 9.17) is 0 Å². The lowest BCUT2D eigenvalue weighted by atomic mass is 10.1. The number of piperidine rings is 1. The molecule has 0 bridgehead atoms. The van der Waals surface area contributed by atoms with Crippen LogP contribution in [-0.2, 0) is 9.84 Å². The summed E-state index contributed by atoms with van der Waals surface area (Å²) in [5.74, 6) is 0. The van der Waals surface area contributed by atoms with E-state index >= 15 is 0 Å². The Morgan fingerprint density at radius 1 is 1.29 bits per heavy atom. The van der Waals surface area contributed by atoms with Gasteiger partial charge in [0, 0.05) is 25.0 Å². The summed E-state index contributed by atoms with van der Waals surface area (Å²) in [5, 5.41) is 9.59. The predicted molar refractivity (Wildman–Crippen MR) is 67.0 cm³/mol. The van der Waals surface area contributed by atoms with Gasteiger partial charge in [-0.2, -0.15) is 0 Å². The molecule has 1 aromatic rings. The molecule has 0 radical (unpaired) electrons. The molecular weight excluding hydrogens is 238 g/mol. The lowest BCUT2D eigenvalue weighted by Gasteiger charge is -2.32. The van der Waals surface area contributed by atoms with Gasteiger partial charge in [0.1, 0.15) is 0 Å². The van der Waals surface area contributed by atoms with Crippen molar-refractivity contribution in [2.75, 3.05) is 24.2 Å². The fourth-order valence-corrected chi connectivity index (χ4v) is 2.72. The highest BCUT2D eigenvalue weighted by atomic mass is 32.2. The minimum Gasteiger partial charge on any atom is -0.391 e. The maximum absolute atomic E-state index is 11.3. The highest BCUT2D eigenvalue weighted by Crippen LogP contribution is 2.21. The summed E-state index contributed by atoms with van der Waals surface area (Å²) < 4.78 is 22.6. The molecule has 1 aliphatic rings. The number of anilines is 1. The van der Waals surface area contributed by atoms with Gasteiger partial charge in [0.2, 0.25) is 0 Å². The molecule has 94 valence electrons. The van der Waals surface area contributed by atoms with Crippen molar-refractivity contribution in [3.63, 3.8) is 0 Å². The van der Waals surface area contributed by atoms with Gasteiger partial charge in [-0.3, -0.25) is 0 Å². The van der Waals surface area contributed by atoms with Crippen LogP contribution in [0.2, 0.25) is 0 Å². The van der Waals surface area contributed by atoms with E-state index < -0.39 is 9.84 Å². The van der Waals surface area contributed by atoms with Crippen LogP contribution in [0.1, 0.15) is 12.8 Å². The van der Waals surface area contributed by atoms with Gasteiger partial charge in [-0.1, -0.05) is 0 Å². The molecule has 1 aromatic carbocycles. The van der Waals surface area contributed by atoms with Crippen LogP contribution in [-0.4, -0.2) is 39.0 Å². The summed E-state index contributed by atoms with van der Waals surface area (Å²) in [4.78, 5) is 2.42. The molecule has 0 saturated carbocycles. The number of rotatable bonds is 2. The summed E-state index contributed by atoms with van der Waals surface area (Å²) in [7, 11) is -3.13. The number of hydrogen-bond acceptors (Lipinski definition) is 4. The molecule has 1 fully saturated rings. The number of aliphatic hydroxyl groups excluding tert-OH is 1. The van der Waals surface area contributed by atoms with Crippen molar-refractivity contribution in [3.05, 3.63) is 24.3 Å². The third-order valence-electron chi connectivity index (χ3n) is 3.03. The predicted octanol–water partition coefficient (Wildman–Crippen LogP) is 1.05. The lowest BCUT2D eigenvalue weighted by Crippen LogP contribution is -2.38. The van der Waals surface area contributed by atoms with Crippen molar-refractivity contribution in [2.45, 2.75) is 23.8 Å². The Hall–Kier alpha value is -1.07. The van der Waals surface area contributed by atoms with Crippen LogP contribution in [0.4, 0.5) is 5.69 Å². The zero-order valence-electron chi connectivity index (χ0n) is 9.83. The summed E-state index contributed by atoms with van der Waals surface area (Å²) in [6.45, 7) is 1.54. The summed E-state index contributed by atoms with van der Waals surface area (Å²) in [5.41, 5.74) is 0.969. The minimum atomic E-state index is -3.13. The molecule has 5 heteroatoms. The number of β-amino-alcohol motifs (C(OH)–C–C–N with tert-alkyl or cyclic N) is 1. The molecule has 17 heavy (non-hydrogen) atoms. The number of sulfone groups is 1. The Labute approximate surface area is 102 Å². The first-order valence-electron chi connectivity index (χ1n) is 5.70.